The highest BCUT2D eigenvalue weighted by Crippen LogP contribution is 2.41. The van der Waals surface area contributed by atoms with E-state index in [-0.39, 0.29) is 11.1 Å². The second-order valence-electron chi connectivity index (χ2n) is 7.08. The Labute approximate surface area is 181 Å². The number of H-pyrrole nitrogens is 1. The fourth-order valence-corrected chi connectivity index (χ4v) is 4.33. The van der Waals surface area contributed by atoms with Gasteiger partial charge >= 0.3 is 0 Å². The van der Waals surface area contributed by atoms with Gasteiger partial charge in [0.1, 0.15) is 17.6 Å². The second kappa shape index (κ2) is 7.28. The first kappa shape index (κ1) is 18.9. The maximum absolute atomic E-state index is 14.1. The average molecular weight is 438 g/mol. The molecule has 1 unspecified atom stereocenters. The lowest BCUT2D eigenvalue weighted by Gasteiger charge is -2.36. The molecule has 1 aliphatic heterocycles. The lowest BCUT2D eigenvalue weighted by molar-refractivity contribution is 0.625. The van der Waals surface area contributed by atoms with Gasteiger partial charge in [0.05, 0.1) is 11.1 Å². The van der Waals surface area contributed by atoms with Crippen LogP contribution in [0.5, 0.6) is 0 Å². The Morgan fingerprint density at radius 2 is 1.97 bits per heavy atom. The molecule has 30 heavy (non-hydrogen) atoms. The van der Waals surface area contributed by atoms with Crippen molar-refractivity contribution in [2.45, 2.75) is 12.5 Å². The normalized spacial score (nSPS) is 15.8. The maximum atomic E-state index is 14.1. The Morgan fingerprint density at radius 1 is 1.17 bits per heavy atom. The molecule has 3 heterocycles. The standard InChI is InChI=1S/C22H14Cl2FN5/c23-13-3-1-12(2-4-13)21-20-15(16-9-17(24)18(25)10-19(16)29-20)6-8-30(21)22-27-7-5-14(11-26)28-22/h1-5,7,9-10,21,29H,6,8H2. The largest absolute Gasteiger partial charge is 0.356 e. The van der Waals surface area contributed by atoms with E-state index in [0.717, 1.165) is 22.2 Å². The van der Waals surface area contributed by atoms with E-state index in [2.05, 4.69) is 21.0 Å². The van der Waals surface area contributed by atoms with Crippen molar-refractivity contribution in [1.82, 2.24) is 15.0 Å². The van der Waals surface area contributed by atoms with E-state index in [0.29, 0.717) is 35.1 Å². The van der Waals surface area contributed by atoms with Crippen molar-refractivity contribution >= 4 is 40.1 Å². The van der Waals surface area contributed by atoms with Crippen molar-refractivity contribution in [2.24, 2.45) is 0 Å². The van der Waals surface area contributed by atoms with Gasteiger partial charge < -0.3 is 9.88 Å². The van der Waals surface area contributed by atoms with Crippen LogP contribution >= 0.6 is 23.2 Å². The summed E-state index contributed by atoms with van der Waals surface area (Å²) in [6, 6.07) is 14.0. The van der Waals surface area contributed by atoms with Crippen LogP contribution in [0.2, 0.25) is 10.0 Å². The maximum Gasteiger partial charge on any atom is 0.227 e. The van der Waals surface area contributed by atoms with Crippen LogP contribution in [0.1, 0.15) is 28.6 Å². The molecule has 0 spiro atoms. The zero-order valence-electron chi connectivity index (χ0n) is 15.5. The molecule has 0 fully saturated rings. The molecule has 0 bridgehead atoms. The zero-order valence-corrected chi connectivity index (χ0v) is 17.0. The van der Waals surface area contributed by atoms with Gasteiger partial charge in [-0.05, 0) is 47.9 Å². The number of aromatic nitrogens is 3. The molecule has 8 heteroatoms. The molecule has 5 nitrogen and oxygen atoms in total. The molecule has 1 N–H and O–H groups in total. The van der Waals surface area contributed by atoms with Crippen LogP contribution in [0.25, 0.3) is 10.9 Å². The van der Waals surface area contributed by atoms with E-state index in [1.54, 1.807) is 18.3 Å². The molecule has 148 valence electrons. The van der Waals surface area contributed by atoms with Gasteiger partial charge in [-0.3, -0.25) is 0 Å². The van der Waals surface area contributed by atoms with Gasteiger partial charge in [-0.25, -0.2) is 14.4 Å². The predicted octanol–water partition coefficient (Wildman–Crippen LogP) is 5.43. The molecule has 4 aromatic rings. The van der Waals surface area contributed by atoms with E-state index in [4.69, 9.17) is 23.2 Å². The predicted molar refractivity (Wildman–Crippen MR) is 114 cm³/mol. The summed E-state index contributed by atoms with van der Waals surface area (Å²) in [6.45, 7) is 0.622. The summed E-state index contributed by atoms with van der Waals surface area (Å²) in [5.41, 5.74) is 3.97. The van der Waals surface area contributed by atoms with Crippen LogP contribution in [0.4, 0.5) is 10.3 Å². The van der Waals surface area contributed by atoms with Crippen molar-refractivity contribution in [3.8, 4) is 6.07 Å². The number of nitrogens with zero attached hydrogens (tertiary/aromatic N) is 4. The molecular formula is C22H14Cl2FN5. The Balaban J connectivity index is 1.72. The van der Waals surface area contributed by atoms with E-state index in [1.165, 1.54) is 6.07 Å². The zero-order chi connectivity index (χ0) is 20.8. The van der Waals surface area contributed by atoms with E-state index in [9.17, 15) is 9.65 Å². The van der Waals surface area contributed by atoms with Crippen molar-refractivity contribution in [3.05, 3.63) is 87.0 Å². The molecular weight excluding hydrogens is 424 g/mol. The monoisotopic (exact) mass is 437 g/mol. The van der Waals surface area contributed by atoms with E-state index in [1.807, 2.05) is 29.2 Å². The molecule has 0 saturated heterocycles. The highest BCUT2D eigenvalue weighted by Gasteiger charge is 2.33. The fourth-order valence-electron chi connectivity index (χ4n) is 4.04. The molecule has 0 aliphatic carbocycles. The number of rotatable bonds is 2. The summed E-state index contributed by atoms with van der Waals surface area (Å²) in [6.07, 6.45) is 2.28. The number of fused-ring (bicyclic) bond motifs is 3. The molecule has 2 aromatic carbocycles. The van der Waals surface area contributed by atoms with Crippen LogP contribution in [0.3, 0.4) is 0 Å². The summed E-state index contributed by atoms with van der Waals surface area (Å²) in [7, 11) is 0. The van der Waals surface area contributed by atoms with Gasteiger partial charge in [-0.2, -0.15) is 5.26 Å². The third-order valence-corrected chi connectivity index (χ3v) is 5.91. The van der Waals surface area contributed by atoms with Crippen LogP contribution in [-0.4, -0.2) is 21.5 Å². The van der Waals surface area contributed by atoms with E-state index >= 15 is 0 Å². The fraction of sp³-hybridized carbons (Fsp3) is 0.136. The number of nitrogens with one attached hydrogen (secondary N) is 1. The third kappa shape index (κ3) is 3.07. The summed E-state index contributed by atoms with van der Waals surface area (Å²) in [4.78, 5) is 14.2. The first-order valence-corrected chi connectivity index (χ1v) is 10.1. The number of halogens is 3. The third-order valence-electron chi connectivity index (χ3n) is 5.37. The van der Waals surface area contributed by atoms with Crippen LogP contribution in [0.15, 0.2) is 48.7 Å². The van der Waals surface area contributed by atoms with Crippen LogP contribution in [-0.2, 0) is 6.42 Å². The number of nitriles is 1. The molecule has 0 amide bonds. The van der Waals surface area contributed by atoms with E-state index < -0.39 is 5.82 Å². The van der Waals surface area contributed by atoms with Gasteiger partial charge in [-0.15, -0.1) is 0 Å². The SMILES string of the molecule is N#Cc1ccnc(N2CCc3c([nH]c4cc(F)c(Cl)cc34)C2c2ccc(Cl)cc2)n1. The van der Waals surface area contributed by atoms with Crippen LogP contribution < -0.4 is 4.90 Å². The van der Waals surface area contributed by atoms with Crippen molar-refractivity contribution < 1.29 is 4.39 Å². The average Bonchev–Trinajstić information content (AvgIpc) is 3.11. The molecule has 0 saturated carbocycles. The summed E-state index contributed by atoms with van der Waals surface area (Å²) in [5.74, 6) is -0.00441. The lowest BCUT2D eigenvalue weighted by atomic mass is 9.92. The van der Waals surface area contributed by atoms with Gasteiger partial charge in [0.25, 0.3) is 0 Å². The highest BCUT2D eigenvalue weighted by atomic mass is 35.5. The number of anilines is 1. The quantitative estimate of drug-likeness (QED) is 0.453. The lowest BCUT2D eigenvalue weighted by Crippen LogP contribution is -2.37. The minimum Gasteiger partial charge on any atom is -0.356 e. The smallest absolute Gasteiger partial charge is 0.227 e. The number of aromatic amines is 1. The summed E-state index contributed by atoms with van der Waals surface area (Å²) >= 11 is 12.2. The van der Waals surface area contributed by atoms with Gasteiger partial charge in [0.2, 0.25) is 5.95 Å². The minimum atomic E-state index is -0.465. The van der Waals surface area contributed by atoms with Crippen LogP contribution in [0, 0.1) is 17.1 Å². The highest BCUT2D eigenvalue weighted by molar-refractivity contribution is 6.31. The molecule has 1 atom stereocenters. The van der Waals surface area contributed by atoms with Gasteiger partial charge in [0, 0.05) is 34.4 Å². The van der Waals surface area contributed by atoms with Crippen molar-refractivity contribution in [2.75, 3.05) is 11.4 Å². The van der Waals surface area contributed by atoms with Gasteiger partial charge in [-0.1, -0.05) is 35.3 Å². The number of hydrogen-bond donors (Lipinski definition) is 1. The summed E-state index contributed by atoms with van der Waals surface area (Å²) in [5, 5.41) is 10.9. The van der Waals surface area contributed by atoms with Crippen molar-refractivity contribution in [3.63, 3.8) is 0 Å². The molecule has 5 rings (SSSR count). The topological polar surface area (TPSA) is 68.6 Å². The Bertz CT molecular complexity index is 1310. The second-order valence-corrected chi connectivity index (χ2v) is 7.92. The molecule has 0 radical (unpaired) electrons. The first-order chi connectivity index (χ1) is 14.5. The van der Waals surface area contributed by atoms with Crippen molar-refractivity contribution in [1.29, 1.82) is 5.26 Å². The Hall–Kier alpha value is -3.14. The molecule has 2 aromatic heterocycles. The molecule has 1 aliphatic rings. The Morgan fingerprint density at radius 3 is 2.73 bits per heavy atom. The summed E-state index contributed by atoms with van der Waals surface area (Å²) < 4.78 is 14.1. The number of benzene rings is 2. The minimum absolute atomic E-state index is 0.0971. The first-order valence-electron chi connectivity index (χ1n) is 9.30. The Kier molecular flexibility index (Phi) is 4.58. The van der Waals surface area contributed by atoms with Gasteiger partial charge in [0.15, 0.2) is 0 Å². The number of hydrogen-bond acceptors (Lipinski definition) is 4.